The van der Waals surface area contributed by atoms with Gasteiger partial charge in [0.1, 0.15) is 0 Å². The van der Waals surface area contributed by atoms with Crippen LogP contribution in [-0.2, 0) is 17.9 Å². The van der Waals surface area contributed by atoms with Crippen LogP contribution in [0.4, 0.5) is 0 Å². The van der Waals surface area contributed by atoms with E-state index in [1.807, 2.05) is 0 Å². The largest absolute Gasteiger partial charge is 0.352 e. The Morgan fingerprint density at radius 3 is 2.54 bits per heavy atom. The minimum absolute atomic E-state index is 0. The molecule has 1 unspecified atom stereocenters. The van der Waals surface area contributed by atoms with Crippen LogP contribution in [0.1, 0.15) is 63.0 Å². The first-order chi connectivity index (χ1) is 12.7. The van der Waals surface area contributed by atoms with E-state index >= 15 is 0 Å². The Morgan fingerprint density at radius 1 is 1.11 bits per heavy atom. The van der Waals surface area contributed by atoms with E-state index in [1.54, 1.807) is 0 Å². The van der Waals surface area contributed by atoms with Crippen LogP contribution in [0.15, 0.2) is 24.3 Å². The molecule has 4 nitrogen and oxygen atoms in total. The summed E-state index contributed by atoms with van der Waals surface area (Å²) in [6, 6.07) is 9.25. The molecule has 0 saturated carbocycles. The fourth-order valence-electron chi connectivity index (χ4n) is 4.28. The van der Waals surface area contributed by atoms with Crippen molar-refractivity contribution in [1.29, 1.82) is 0 Å². The highest BCUT2D eigenvalue weighted by Gasteiger charge is 2.19. The topological polar surface area (TPSA) is 44.4 Å². The lowest BCUT2D eigenvalue weighted by Gasteiger charge is -2.33. The number of carbonyl (C=O) groups is 1. The monoisotopic (exact) mass is 429 g/mol. The second-order valence-corrected chi connectivity index (χ2v) is 8.09. The van der Waals surface area contributed by atoms with Gasteiger partial charge >= 0.3 is 0 Å². The van der Waals surface area contributed by atoms with Crippen LogP contribution in [0.2, 0.25) is 0 Å². The van der Waals surface area contributed by atoms with Crippen molar-refractivity contribution < 1.29 is 4.79 Å². The Kier molecular flexibility index (Phi) is 12.1. The summed E-state index contributed by atoms with van der Waals surface area (Å²) in [7, 11) is 0. The van der Waals surface area contributed by atoms with Crippen LogP contribution in [0.3, 0.4) is 0 Å². The number of likely N-dealkylation sites (tertiary alicyclic amines) is 1. The van der Waals surface area contributed by atoms with Crippen LogP contribution in [0.5, 0.6) is 0 Å². The number of benzene rings is 1. The second-order valence-electron chi connectivity index (χ2n) is 8.09. The van der Waals surface area contributed by atoms with E-state index in [0.29, 0.717) is 19.0 Å². The van der Waals surface area contributed by atoms with Gasteiger partial charge in [0, 0.05) is 25.6 Å². The van der Waals surface area contributed by atoms with Crippen molar-refractivity contribution in [1.82, 2.24) is 15.5 Å². The summed E-state index contributed by atoms with van der Waals surface area (Å²) in [4.78, 5) is 14.9. The van der Waals surface area contributed by atoms with Gasteiger partial charge in [-0.2, -0.15) is 0 Å². The smallest absolute Gasteiger partial charge is 0.220 e. The summed E-state index contributed by atoms with van der Waals surface area (Å²) in [6.07, 6.45) is 8.08. The van der Waals surface area contributed by atoms with Crippen molar-refractivity contribution in [3.63, 3.8) is 0 Å². The zero-order chi connectivity index (χ0) is 18.2. The highest BCUT2D eigenvalue weighted by molar-refractivity contribution is 5.85. The molecule has 0 bridgehead atoms. The maximum atomic E-state index is 12.3. The predicted octanol–water partition coefficient (Wildman–Crippen LogP) is 4.30. The van der Waals surface area contributed by atoms with Crippen LogP contribution in [-0.4, -0.2) is 36.5 Å². The van der Waals surface area contributed by atoms with Gasteiger partial charge in [0.2, 0.25) is 5.91 Å². The van der Waals surface area contributed by atoms with Gasteiger partial charge in [0.25, 0.3) is 0 Å². The number of nitrogens with one attached hydrogen (secondary N) is 2. The van der Waals surface area contributed by atoms with Gasteiger partial charge in [-0.25, -0.2) is 0 Å². The van der Waals surface area contributed by atoms with Crippen molar-refractivity contribution in [2.24, 2.45) is 5.92 Å². The van der Waals surface area contributed by atoms with Crippen molar-refractivity contribution in [3.05, 3.63) is 35.4 Å². The number of nitrogens with zero attached hydrogens (tertiary/aromatic N) is 1. The molecular formula is C22H37Cl2N3O. The zero-order valence-electron chi connectivity index (χ0n) is 17.1. The minimum atomic E-state index is 0. The van der Waals surface area contributed by atoms with E-state index in [4.69, 9.17) is 0 Å². The maximum Gasteiger partial charge on any atom is 0.220 e. The summed E-state index contributed by atoms with van der Waals surface area (Å²) in [5.41, 5.74) is 2.63. The first-order valence-electron chi connectivity index (χ1n) is 10.5. The molecule has 160 valence electrons. The molecule has 0 aliphatic carbocycles. The molecule has 1 aromatic rings. The lowest BCUT2D eigenvalue weighted by molar-refractivity contribution is -0.121. The minimum Gasteiger partial charge on any atom is -0.352 e. The Bertz CT molecular complexity index is 579. The van der Waals surface area contributed by atoms with Crippen LogP contribution >= 0.6 is 24.8 Å². The van der Waals surface area contributed by atoms with E-state index in [1.165, 1.54) is 49.8 Å². The lowest BCUT2D eigenvalue weighted by Crippen LogP contribution is -2.37. The third-order valence-corrected chi connectivity index (χ3v) is 6.15. The molecule has 1 atom stereocenters. The first kappa shape index (κ1) is 25.2. The molecule has 0 radical (unpaired) electrons. The van der Waals surface area contributed by atoms with Gasteiger partial charge in [-0.05, 0) is 75.7 Å². The third-order valence-electron chi connectivity index (χ3n) is 6.15. The number of carbonyl (C=O) groups excluding carboxylic acids is 1. The van der Waals surface area contributed by atoms with Crippen molar-refractivity contribution in [2.75, 3.05) is 19.6 Å². The summed E-state index contributed by atoms with van der Waals surface area (Å²) < 4.78 is 0. The Balaban J connectivity index is 0.00000196. The first-order valence-corrected chi connectivity index (χ1v) is 10.5. The van der Waals surface area contributed by atoms with Crippen LogP contribution in [0.25, 0.3) is 0 Å². The van der Waals surface area contributed by atoms with Gasteiger partial charge in [-0.15, -0.1) is 24.8 Å². The van der Waals surface area contributed by atoms with E-state index in [2.05, 4.69) is 46.7 Å². The molecule has 2 saturated heterocycles. The Labute approximate surface area is 183 Å². The normalized spacial score (nSPS) is 20.7. The third kappa shape index (κ3) is 7.90. The average molecular weight is 430 g/mol. The number of hydrogen-bond acceptors (Lipinski definition) is 3. The number of halogens is 2. The summed E-state index contributed by atoms with van der Waals surface area (Å²) in [6.45, 7) is 7.40. The van der Waals surface area contributed by atoms with Gasteiger partial charge in [-0.1, -0.05) is 30.7 Å². The molecule has 0 spiro atoms. The highest BCUT2D eigenvalue weighted by Crippen LogP contribution is 2.21. The van der Waals surface area contributed by atoms with Gasteiger partial charge in [0.15, 0.2) is 0 Å². The van der Waals surface area contributed by atoms with Crippen LogP contribution in [0, 0.1) is 5.92 Å². The molecular weight excluding hydrogens is 393 g/mol. The van der Waals surface area contributed by atoms with E-state index < -0.39 is 0 Å². The molecule has 6 heteroatoms. The van der Waals surface area contributed by atoms with Gasteiger partial charge in [0.05, 0.1) is 0 Å². The zero-order valence-corrected chi connectivity index (χ0v) is 18.8. The molecule has 28 heavy (non-hydrogen) atoms. The molecule has 1 aromatic carbocycles. The maximum absolute atomic E-state index is 12.3. The summed E-state index contributed by atoms with van der Waals surface area (Å²) in [5.74, 6) is 0.916. The number of rotatable bonds is 7. The molecule has 2 heterocycles. The van der Waals surface area contributed by atoms with E-state index in [0.717, 1.165) is 32.0 Å². The van der Waals surface area contributed by atoms with Gasteiger partial charge < -0.3 is 10.6 Å². The van der Waals surface area contributed by atoms with Crippen molar-refractivity contribution in [2.45, 2.75) is 71.0 Å². The molecule has 0 aromatic heterocycles. The Morgan fingerprint density at radius 2 is 1.82 bits per heavy atom. The second kappa shape index (κ2) is 13.4. The number of amides is 1. The quantitative estimate of drug-likeness (QED) is 0.678. The predicted molar refractivity (Wildman–Crippen MR) is 121 cm³/mol. The number of piperidine rings is 2. The molecule has 2 aliphatic heterocycles. The molecule has 2 N–H and O–H groups in total. The van der Waals surface area contributed by atoms with E-state index in [-0.39, 0.29) is 30.7 Å². The SMILES string of the molecule is CC1CCCCN1Cc1ccccc1CNC(=O)CCC1CCNCC1.Cl.Cl. The Hall–Kier alpha value is -0.810. The summed E-state index contributed by atoms with van der Waals surface area (Å²) in [5, 5.41) is 6.54. The molecule has 2 fully saturated rings. The number of hydrogen-bond donors (Lipinski definition) is 2. The average Bonchev–Trinajstić information content (AvgIpc) is 2.68. The fraction of sp³-hybridized carbons (Fsp3) is 0.682. The standard InChI is InChI=1S/C22H35N3O.2ClH/c1-18-6-4-5-15-25(18)17-21-8-3-2-7-20(21)16-24-22(26)10-9-19-11-13-23-14-12-19;;/h2-3,7-8,18-19,23H,4-6,9-17H2,1H3,(H,24,26);2*1H. The molecule has 3 rings (SSSR count). The van der Waals surface area contributed by atoms with Crippen molar-refractivity contribution >= 4 is 30.7 Å². The molecule has 1 amide bonds. The van der Waals surface area contributed by atoms with Crippen molar-refractivity contribution in [3.8, 4) is 0 Å². The van der Waals surface area contributed by atoms with Crippen LogP contribution < -0.4 is 10.6 Å². The lowest BCUT2D eigenvalue weighted by atomic mass is 9.93. The van der Waals surface area contributed by atoms with Gasteiger partial charge in [-0.3, -0.25) is 9.69 Å². The fourth-order valence-corrected chi connectivity index (χ4v) is 4.28. The molecule has 2 aliphatic rings. The summed E-state index contributed by atoms with van der Waals surface area (Å²) >= 11 is 0. The van der Waals surface area contributed by atoms with E-state index in [9.17, 15) is 4.79 Å². The highest BCUT2D eigenvalue weighted by atomic mass is 35.5.